The molecule has 2 N–H and O–H groups in total. The number of anilines is 2. The van der Waals surface area contributed by atoms with Crippen LogP contribution in [0.5, 0.6) is 5.75 Å². The quantitative estimate of drug-likeness (QED) is 0.312. The van der Waals surface area contributed by atoms with Crippen LogP contribution in [0.2, 0.25) is 0 Å². The molecular formula is C27H27N3O2S. The van der Waals surface area contributed by atoms with Crippen molar-refractivity contribution in [1.82, 2.24) is 4.98 Å². The van der Waals surface area contributed by atoms with Crippen molar-refractivity contribution >= 4 is 28.1 Å². The summed E-state index contributed by atoms with van der Waals surface area (Å²) in [5, 5.41) is 7.56. The molecule has 0 fully saturated rings. The van der Waals surface area contributed by atoms with Crippen LogP contribution in [0.25, 0.3) is 0 Å². The van der Waals surface area contributed by atoms with Crippen LogP contribution in [-0.4, -0.2) is 17.5 Å². The minimum Gasteiger partial charge on any atom is -0.494 e. The van der Waals surface area contributed by atoms with Gasteiger partial charge < -0.3 is 15.4 Å². The fourth-order valence-electron chi connectivity index (χ4n) is 3.69. The minimum atomic E-state index is -0.202. The van der Waals surface area contributed by atoms with Crippen molar-refractivity contribution in [1.29, 1.82) is 0 Å². The number of ether oxygens (including phenoxy) is 1. The lowest BCUT2D eigenvalue weighted by atomic mass is 9.96. The molecule has 1 atom stereocenters. The van der Waals surface area contributed by atoms with Crippen LogP contribution in [-0.2, 0) is 0 Å². The van der Waals surface area contributed by atoms with Crippen LogP contribution in [0.1, 0.15) is 44.9 Å². The molecule has 0 aliphatic rings. The van der Waals surface area contributed by atoms with E-state index in [0.717, 1.165) is 38.1 Å². The standard InChI is InChI=1S/C27H27N3O2S/c1-4-32-22-15-13-20(14-16-22)25(29-23-12-8-9-17-28-23)24-18(2)19(3)33-27(24)30-26(31)21-10-6-5-7-11-21/h5-17,25H,4H2,1-3H3,(H,28,29)(H,30,31)/t25-/m0/s1. The first kappa shape index (κ1) is 22.6. The SMILES string of the molecule is CCOc1ccc([C@H](Nc2ccccn2)c2c(NC(=O)c3ccccc3)sc(C)c2C)cc1. The van der Waals surface area contributed by atoms with E-state index in [9.17, 15) is 4.79 Å². The highest BCUT2D eigenvalue weighted by atomic mass is 32.1. The average molecular weight is 458 g/mol. The lowest BCUT2D eigenvalue weighted by molar-refractivity contribution is 0.102. The van der Waals surface area contributed by atoms with Crippen molar-refractivity contribution in [2.45, 2.75) is 26.8 Å². The first-order valence-electron chi connectivity index (χ1n) is 10.9. The number of rotatable bonds is 8. The first-order valence-corrected chi connectivity index (χ1v) is 11.7. The number of aryl methyl sites for hydroxylation is 1. The Hall–Kier alpha value is -3.64. The summed E-state index contributed by atoms with van der Waals surface area (Å²) in [5.41, 5.74) is 3.87. The molecule has 5 nitrogen and oxygen atoms in total. The lowest BCUT2D eigenvalue weighted by Crippen LogP contribution is -2.18. The van der Waals surface area contributed by atoms with E-state index in [1.807, 2.05) is 67.6 Å². The van der Waals surface area contributed by atoms with Gasteiger partial charge in [0.25, 0.3) is 5.91 Å². The Morgan fingerprint density at radius 2 is 1.73 bits per heavy atom. The molecule has 0 aliphatic heterocycles. The second kappa shape index (κ2) is 10.3. The third kappa shape index (κ3) is 5.23. The molecule has 0 saturated carbocycles. The number of carbonyl (C=O) groups is 1. The molecule has 0 unspecified atom stereocenters. The van der Waals surface area contributed by atoms with E-state index in [1.165, 1.54) is 0 Å². The maximum Gasteiger partial charge on any atom is 0.256 e. The normalized spacial score (nSPS) is 11.6. The van der Waals surface area contributed by atoms with Gasteiger partial charge in [0.15, 0.2) is 0 Å². The summed E-state index contributed by atoms with van der Waals surface area (Å²) in [7, 11) is 0. The van der Waals surface area contributed by atoms with Crippen LogP contribution in [0, 0.1) is 13.8 Å². The summed E-state index contributed by atoms with van der Waals surface area (Å²) in [6.07, 6.45) is 1.77. The summed E-state index contributed by atoms with van der Waals surface area (Å²) in [6.45, 7) is 6.77. The minimum absolute atomic E-state index is 0.124. The molecule has 0 spiro atoms. The van der Waals surface area contributed by atoms with E-state index in [1.54, 1.807) is 17.5 Å². The van der Waals surface area contributed by atoms with E-state index >= 15 is 0 Å². The maximum absolute atomic E-state index is 13.0. The van der Waals surface area contributed by atoms with Gasteiger partial charge in [0, 0.05) is 22.2 Å². The fraction of sp³-hybridized carbons (Fsp3) is 0.185. The largest absolute Gasteiger partial charge is 0.494 e. The van der Waals surface area contributed by atoms with Crippen molar-refractivity contribution in [2.24, 2.45) is 0 Å². The molecule has 2 aromatic heterocycles. The maximum atomic E-state index is 13.0. The molecule has 0 radical (unpaired) electrons. The number of hydrogen-bond acceptors (Lipinski definition) is 5. The van der Waals surface area contributed by atoms with Crippen molar-refractivity contribution in [3.8, 4) is 5.75 Å². The molecule has 6 heteroatoms. The van der Waals surface area contributed by atoms with Crippen LogP contribution in [0.4, 0.5) is 10.8 Å². The zero-order chi connectivity index (χ0) is 23.2. The fourth-order valence-corrected chi connectivity index (χ4v) is 4.79. The summed E-state index contributed by atoms with van der Waals surface area (Å²) < 4.78 is 5.63. The zero-order valence-corrected chi connectivity index (χ0v) is 19.8. The molecule has 0 saturated heterocycles. The Kier molecular flexibility index (Phi) is 7.05. The Morgan fingerprint density at radius 1 is 1.00 bits per heavy atom. The molecule has 4 aromatic rings. The molecule has 4 rings (SSSR count). The van der Waals surface area contributed by atoms with Gasteiger partial charge in [-0.1, -0.05) is 36.4 Å². The zero-order valence-electron chi connectivity index (χ0n) is 19.0. The smallest absolute Gasteiger partial charge is 0.256 e. The second-order valence-electron chi connectivity index (χ2n) is 7.64. The Morgan fingerprint density at radius 3 is 2.39 bits per heavy atom. The Labute approximate surface area is 198 Å². The molecule has 1 amide bonds. The molecule has 0 aliphatic carbocycles. The van der Waals surface area contributed by atoms with Gasteiger partial charge >= 0.3 is 0 Å². The summed E-state index contributed by atoms with van der Waals surface area (Å²) >= 11 is 1.59. The first-order chi connectivity index (χ1) is 16.1. The predicted molar refractivity (Wildman–Crippen MR) is 136 cm³/mol. The van der Waals surface area contributed by atoms with Crippen LogP contribution in [0.3, 0.4) is 0 Å². The van der Waals surface area contributed by atoms with E-state index in [-0.39, 0.29) is 11.9 Å². The Balaban J connectivity index is 1.75. The number of nitrogens with zero attached hydrogens (tertiary/aromatic N) is 1. The van der Waals surface area contributed by atoms with Crippen LogP contribution >= 0.6 is 11.3 Å². The highest BCUT2D eigenvalue weighted by Gasteiger charge is 2.25. The Bertz CT molecular complexity index is 1210. The number of nitrogens with one attached hydrogen (secondary N) is 2. The molecule has 168 valence electrons. The second-order valence-corrected chi connectivity index (χ2v) is 8.87. The van der Waals surface area contributed by atoms with E-state index in [2.05, 4.69) is 41.6 Å². The van der Waals surface area contributed by atoms with Crippen LogP contribution in [0.15, 0.2) is 79.0 Å². The van der Waals surface area contributed by atoms with Crippen molar-refractivity contribution < 1.29 is 9.53 Å². The number of carbonyl (C=O) groups excluding carboxylic acids is 1. The van der Waals surface area contributed by atoms with Gasteiger partial charge in [0.2, 0.25) is 0 Å². The highest BCUT2D eigenvalue weighted by Crippen LogP contribution is 2.41. The van der Waals surface area contributed by atoms with Crippen LogP contribution < -0.4 is 15.4 Å². The predicted octanol–water partition coefficient (Wildman–Crippen LogP) is 6.61. The van der Waals surface area contributed by atoms with Gasteiger partial charge in [0.05, 0.1) is 12.6 Å². The van der Waals surface area contributed by atoms with E-state index < -0.39 is 0 Å². The van der Waals surface area contributed by atoms with Gasteiger partial charge in [0.1, 0.15) is 16.6 Å². The summed E-state index contributed by atoms with van der Waals surface area (Å²) in [5.74, 6) is 1.47. The number of pyridine rings is 1. The van der Waals surface area contributed by atoms with E-state index in [0.29, 0.717) is 12.2 Å². The molecule has 0 bridgehead atoms. The average Bonchev–Trinajstić information content (AvgIpc) is 3.12. The summed E-state index contributed by atoms with van der Waals surface area (Å²) in [6, 6.07) is 22.9. The highest BCUT2D eigenvalue weighted by molar-refractivity contribution is 7.16. The van der Waals surface area contributed by atoms with Crippen molar-refractivity contribution in [3.05, 3.63) is 106 Å². The number of thiophene rings is 1. The third-order valence-electron chi connectivity index (χ3n) is 5.47. The monoisotopic (exact) mass is 457 g/mol. The number of benzene rings is 2. The van der Waals surface area contributed by atoms with Gasteiger partial charge in [-0.15, -0.1) is 11.3 Å². The van der Waals surface area contributed by atoms with Gasteiger partial charge in [-0.3, -0.25) is 4.79 Å². The molecular weight excluding hydrogens is 430 g/mol. The van der Waals surface area contributed by atoms with E-state index in [4.69, 9.17) is 4.74 Å². The molecule has 2 aromatic carbocycles. The summed E-state index contributed by atoms with van der Waals surface area (Å²) in [4.78, 5) is 18.6. The molecule has 2 heterocycles. The third-order valence-corrected chi connectivity index (χ3v) is 6.60. The van der Waals surface area contributed by atoms with Crippen molar-refractivity contribution in [3.63, 3.8) is 0 Å². The number of hydrogen-bond donors (Lipinski definition) is 2. The molecule has 33 heavy (non-hydrogen) atoms. The van der Waals surface area contributed by atoms with Crippen molar-refractivity contribution in [2.75, 3.05) is 17.2 Å². The lowest BCUT2D eigenvalue weighted by Gasteiger charge is -2.22. The number of aromatic nitrogens is 1. The van der Waals surface area contributed by atoms with Gasteiger partial charge in [-0.05, 0) is 68.3 Å². The topological polar surface area (TPSA) is 63.2 Å². The number of amides is 1. The van der Waals surface area contributed by atoms with Gasteiger partial charge in [-0.2, -0.15) is 0 Å². The van der Waals surface area contributed by atoms with Gasteiger partial charge in [-0.25, -0.2) is 4.98 Å².